The van der Waals surface area contributed by atoms with Crippen molar-refractivity contribution >= 4 is 11.9 Å². The van der Waals surface area contributed by atoms with Crippen molar-refractivity contribution in [2.75, 3.05) is 45.5 Å². The molecule has 2 saturated heterocycles. The lowest BCUT2D eigenvalue weighted by Crippen LogP contribution is -2.59. The fraction of sp³-hybridized carbons (Fsp3) is 1.00. The van der Waals surface area contributed by atoms with E-state index < -0.39 is 0 Å². The summed E-state index contributed by atoms with van der Waals surface area (Å²) in [6.45, 7) is 7.32. The third-order valence-electron chi connectivity index (χ3n) is 2.78. The van der Waals surface area contributed by atoms with Crippen molar-refractivity contribution in [1.82, 2.24) is 14.5 Å². The average molecular weight is 187 g/mol. The molecule has 70 valence electrons. The van der Waals surface area contributed by atoms with E-state index in [0.717, 1.165) is 6.04 Å². The van der Waals surface area contributed by atoms with Crippen molar-refractivity contribution in [3.63, 3.8) is 0 Å². The molecule has 0 amide bonds. The minimum absolute atomic E-state index is 0.764. The van der Waals surface area contributed by atoms with Crippen molar-refractivity contribution in [3.05, 3.63) is 0 Å². The number of hydrogen-bond acceptors (Lipinski definition) is 4. The molecule has 1 atom stereocenters. The van der Waals surface area contributed by atoms with E-state index in [9.17, 15) is 0 Å². The van der Waals surface area contributed by atoms with Crippen LogP contribution in [0, 0.1) is 0 Å². The van der Waals surface area contributed by atoms with Crippen LogP contribution in [0.5, 0.6) is 0 Å². The maximum absolute atomic E-state index is 3.45. The predicted octanol–water partition coefficient (Wildman–Crippen LogP) is -0.146. The van der Waals surface area contributed by atoms with Crippen LogP contribution in [0.4, 0.5) is 0 Å². The Morgan fingerprint density at radius 2 is 2.25 bits per heavy atom. The number of nitrogens with zero attached hydrogens (tertiary/aromatic N) is 2. The summed E-state index contributed by atoms with van der Waals surface area (Å²) in [7, 11) is 0. The van der Waals surface area contributed by atoms with E-state index in [4.69, 9.17) is 0 Å². The molecule has 1 unspecified atom stereocenters. The molecule has 2 aliphatic rings. The van der Waals surface area contributed by atoms with Crippen molar-refractivity contribution in [1.29, 1.82) is 0 Å². The molecule has 1 N–H and O–H groups in total. The molecule has 0 saturated carbocycles. The highest BCUT2D eigenvalue weighted by Crippen LogP contribution is 2.16. The lowest BCUT2D eigenvalue weighted by molar-refractivity contribution is 0.100. The SMILES string of the molecule is CSN1CCN2CCNCC2C1. The molecule has 4 heteroatoms. The van der Waals surface area contributed by atoms with Crippen LogP contribution in [0.1, 0.15) is 0 Å². The average Bonchev–Trinajstić information content (AvgIpc) is 2.17. The lowest BCUT2D eigenvalue weighted by atomic mass is 10.1. The molecule has 2 rings (SSSR count). The molecule has 0 spiro atoms. The summed E-state index contributed by atoms with van der Waals surface area (Å²) in [6.07, 6.45) is 2.17. The summed E-state index contributed by atoms with van der Waals surface area (Å²) in [4.78, 5) is 2.61. The maximum atomic E-state index is 3.45. The highest BCUT2D eigenvalue weighted by molar-refractivity contribution is 7.96. The molecule has 0 aliphatic carbocycles. The van der Waals surface area contributed by atoms with Gasteiger partial charge in [0.25, 0.3) is 0 Å². The Labute approximate surface area is 78.6 Å². The largest absolute Gasteiger partial charge is 0.314 e. The molecule has 0 aromatic heterocycles. The summed E-state index contributed by atoms with van der Waals surface area (Å²) < 4.78 is 2.47. The fourth-order valence-electron chi connectivity index (χ4n) is 2.01. The molecule has 12 heavy (non-hydrogen) atoms. The Hall–Kier alpha value is 0.230. The first-order valence-electron chi connectivity index (χ1n) is 4.64. The quantitative estimate of drug-likeness (QED) is 0.575. The van der Waals surface area contributed by atoms with Gasteiger partial charge in [-0.1, -0.05) is 11.9 Å². The minimum Gasteiger partial charge on any atom is -0.314 e. The highest BCUT2D eigenvalue weighted by atomic mass is 32.2. The third-order valence-corrected chi connectivity index (χ3v) is 3.63. The maximum Gasteiger partial charge on any atom is 0.0358 e. The van der Waals surface area contributed by atoms with Crippen LogP contribution in [0.2, 0.25) is 0 Å². The monoisotopic (exact) mass is 187 g/mol. The van der Waals surface area contributed by atoms with E-state index in [0.29, 0.717) is 0 Å². The molecular weight excluding hydrogens is 170 g/mol. The number of fused-ring (bicyclic) bond motifs is 1. The number of piperazine rings is 2. The summed E-state index contributed by atoms with van der Waals surface area (Å²) >= 11 is 1.88. The second-order valence-electron chi connectivity index (χ2n) is 3.46. The van der Waals surface area contributed by atoms with Gasteiger partial charge in [0.1, 0.15) is 0 Å². The molecule has 0 aromatic carbocycles. The molecule has 0 radical (unpaired) electrons. The van der Waals surface area contributed by atoms with Crippen LogP contribution >= 0.6 is 11.9 Å². The van der Waals surface area contributed by atoms with Crippen LogP contribution in [0.15, 0.2) is 0 Å². The lowest BCUT2D eigenvalue weighted by Gasteiger charge is -2.43. The summed E-state index contributed by atoms with van der Waals surface area (Å²) in [5, 5.41) is 3.45. The van der Waals surface area contributed by atoms with E-state index in [2.05, 4.69) is 20.8 Å². The normalized spacial score (nSPS) is 33.2. The number of hydrogen-bond donors (Lipinski definition) is 1. The second-order valence-corrected chi connectivity index (χ2v) is 4.35. The van der Waals surface area contributed by atoms with E-state index in [1.165, 1.54) is 39.3 Å². The minimum atomic E-state index is 0.764. The van der Waals surface area contributed by atoms with Crippen molar-refractivity contribution in [3.8, 4) is 0 Å². The van der Waals surface area contributed by atoms with Crippen LogP contribution in [0.25, 0.3) is 0 Å². The zero-order valence-electron chi connectivity index (χ0n) is 7.62. The zero-order chi connectivity index (χ0) is 8.39. The Bertz CT molecular complexity index is 153. The molecule has 0 aromatic rings. The van der Waals surface area contributed by atoms with Crippen molar-refractivity contribution in [2.24, 2.45) is 0 Å². The summed E-state index contributed by atoms with van der Waals surface area (Å²) in [6, 6.07) is 0.764. The Morgan fingerprint density at radius 1 is 1.33 bits per heavy atom. The molecule has 3 nitrogen and oxygen atoms in total. The van der Waals surface area contributed by atoms with E-state index >= 15 is 0 Å². The van der Waals surface area contributed by atoms with E-state index in [-0.39, 0.29) is 0 Å². The van der Waals surface area contributed by atoms with Gasteiger partial charge in [0.15, 0.2) is 0 Å². The molecular formula is C8H17N3S. The molecule has 2 aliphatic heterocycles. The van der Waals surface area contributed by atoms with Crippen LogP contribution in [-0.2, 0) is 0 Å². The fourth-order valence-corrected chi connectivity index (χ4v) is 2.59. The zero-order valence-corrected chi connectivity index (χ0v) is 8.44. The smallest absolute Gasteiger partial charge is 0.0358 e. The van der Waals surface area contributed by atoms with Crippen LogP contribution < -0.4 is 5.32 Å². The molecule has 2 heterocycles. The van der Waals surface area contributed by atoms with Crippen LogP contribution in [0.3, 0.4) is 0 Å². The first-order chi connectivity index (χ1) is 5.90. The number of rotatable bonds is 1. The predicted molar refractivity (Wildman–Crippen MR) is 53.3 cm³/mol. The Morgan fingerprint density at radius 3 is 3.08 bits per heavy atom. The summed E-state index contributed by atoms with van der Waals surface area (Å²) in [5.74, 6) is 0. The number of nitrogens with one attached hydrogen (secondary N) is 1. The topological polar surface area (TPSA) is 18.5 Å². The van der Waals surface area contributed by atoms with Crippen molar-refractivity contribution < 1.29 is 0 Å². The van der Waals surface area contributed by atoms with Crippen LogP contribution in [-0.4, -0.2) is 60.8 Å². The Kier molecular flexibility index (Phi) is 2.91. The molecule has 0 bridgehead atoms. The van der Waals surface area contributed by atoms with Gasteiger partial charge in [0.05, 0.1) is 0 Å². The van der Waals surface area contributed by atoms with Gasteiger partial charge in [-0.25, -0.2) is 4.31 Å². The van der Waals surface area contributed by atoms with Gasteiger partial charge in [-0.05, 0) is 6.26 Å². The van der Waals surface area contributed by atoms with Gasteiger partial charge < -0.3 is 5.32 Å². The van der Waals surface area contributed by atoms with Crippen molar-refractivity contribution in [2.45, 2.75) is 6.04 Å². The van der Waals surface area contributed by atoms with Gasteiger partial charge >= 0.3 is 0 Å². The second kappa shape index (κ2) is 3.96. The third kappa shape index (κ3) is 1.76. The Balaban J connectivity index is 1.90. The summed E-state index contributed by atoms with van der Waals surface area (Å²) in [5.41, 5.74) is 0. The van der Waals surface area contributed by atoms with Gasteiger partial charge in [-0.15, -0.1) is 0 Å². The van der Waals surface area contributed by atoms with Gasteiger partial charge in [0, 0.05) is 45.3 Å². The first-order valence-corrected chi connectivity index (χ1v) is 5.82. The van der Waals surface area contributed by atoms with Gasteiger partial charge in [0.2, 0.25) is 0 Å². The first kappa shape index (κ1) is 8.81. The standard InChI is InChI=1S/C8H17N3S/c1-12-11-5-4-10-3-2-9-6-8(10)7-11/h8-9H,2-7H2,1H3. The molecule has 2 fully saturated rings. The highest BCUT2D eigenvalue weighted by Gasteiger charge is 2.28. The van der Waals surface area contributed by atoms with Gasteiger partial charge in [-0.2, -0.15) is 0 Å². The van der Waals surface area contributed by atoms with Gasteiger partial charge in [-0.3, -0.25) is 4.90 Å². The van der Waals surface area contributed by atoms with E-state index in [1.807, 2.05) is 11.9 Å². The van der Waals surface area contributed by atoms with E-state index in [1.54, 1.807) is 0 Å².